The third-order valence-electron chi connectivity index (χ3n) is 3.78. The van der Waals surface area contributed by atoms with Crippen molar-refractivity contribution < 1.29 is 9.59 Å². The van der Waals surface area contributed by atoms with Crippen molar-refractivity contribution in [1.29, 1.82) is 0 Å². The third-order valence-corrected chi connectivity index (χ3v) is 4.31. The molecule has 1 aliphatic rings. The van der Waals surface area contributed by atoms with Crippen molar-refractivity contribution >= 4 is 46.0 Å². The number of anilines is 1. The molecule has 0 aliphatic carbocycles. The lowest BCUT2D eigenvalue weighted by atomic mass is 10.1. The Morgan fingerprint density at radius 3 is 2.58 bits per heavy atom. The van der Waals surface area contributed by atoms with E-state index < -0.39 is 0 Å². The van der Waals surface area contributed by atoms with Crippen LogP contribution in [0.2, 0.25) is 0 Å². The minimum atomic E-state index is -0.308. The van der Waals surface area contributed by atoms with Gasteiger partial charge in [0, 0.05) is 29.7 Å². The summed E-state index contributed by atoms with van der Waals surface area (Å²) in [6.07, 6.45) is 2.49. The zero-order chi connectivity index (χ0) is 16.5. The molecule has 134 valence electrons. The minimum absolute atomic E-state index is 0. The normalized spacial score (nSPS) is 16.1. The van der Waals surface area contributed by atoms with Gasteiger partial charge in [0.25, 0.3) is 0 Å². The molecule has 1 unspecified atom stereocenters. The molecule has 0 bridgehead atoms. The van der Waals surface area contributed by atoms with Crippen LogP contribution in [-0.2, 0) is 4.79 Å². The Morgan fingerprint density at radius 2 is 1.92 bits per heavy atom. The molecule has 0 saturated carbocycles. The zero-order valence-corrected chi connectivity index (χ0v) is 15.8. The van der Waals surface area contributed by atoms with Crippen LogP contribution in [0.25, 0.3) is 0 Å². The lowest BCUT2D eigenvalue weighted by Crippen LogP contribution is -2.34. The topological polar surface area (TPSA) is 82.3 Å². The molecule has 1 atom stereocenters. The van der Waals surface area contributed by atoms with Crippen molar-refractivity contribution in [2.75, 3.05) is 31.5 Å². The van der Waals surface area contributed by atoms with Gasteiger partial charge in [-0.2, -0.15) is 0 Å². The predicted octanol–water partition coefficient (Wildman–Crippen LogP) is 2.50. The average Bonchev–Trinajstić information content (AvgIpc) is 3.03. The number of carbonyl (C=O) groups is 2. The van der Waals surface area contributed by atoms with Gasteiger partial charge >= 0.3 is 6.03 Å². The van der Waals surface area contributed by atoms with Crippen molar-refractivity contribution in [3.8, 4) is 0 Å². The molecule has 0 aromatic heterocycles. The van der Waals surface area contributed by atoms with Crippen LogP contribution in [-0.4, -0.2) is 38.1 Å². The van der Waals surface area contributed by atoms with E-state index in [-0.39, 0.29) is 30.8 Å². The number of hydrogen-bond acceptors (Lipinski definition) is 3. The maximum absolute atomic E-state index is 11.7. The number of benzene rings is 1. The Labute approximate surface area is 157 Å². The first-order valence-corrected chi connectivity index (χ1v) is 8.70. The summed E-state index contributed by atoms with van der Waals surface area (Å²) < 4.78 is 0.952. The Morgan fingerprint density at radius 1 is 1.17 bits per heavy atom. The van der Waals surface area contributed by atoms with Crippen LogP contribution in [0.5, 0.6) is 0 Å². The van der Waals surface area contributed by atoms with Crippen LogP contribution in [0, 0.1) is 5.92 Å². The van der Waals surface area contributed by atoms with Gasteiger partial charge in [-0.1, -0.05) is 15.9 Å². The quantitative estimate of drug-likeness (QED) is 0.548. The van der Waals surface area contributed by atoms with Gasteiger partial charge in [-0.05, 0) is 56.1 Å². The summed E-state index contributed by atoms with van der Waals surface area (Å²) in [5, 5.41) is 11.6. The van der Waals surface area contributed by atoms with Gasteiger partial charge in [0.1, 0.15) is 0 Å². The largest absolute Gasteiger partial charge is 0.356 e. The number of amides is 3. The maximum atomic E-state index is 11.7. The Hall–Kier alpha value is -1.31. The van der Waals surface area contributed by atoms with Gasteiger partial charge in [0.2, 0.25) is 5.91 Å². The summed E-state index contributed by atoms with van der Waals surface area (Å²) in [6, 6.07) is 6.99. The maximum Gasteiger partial charge on any atom is 0.319 e. The first-order valence-electron chi connectivity index (χ1n) is 7.91. The molecule has 1 aromatic carbocycles. The molecule has 3 amide bonds. The van der Waals surface area contributed by atoms with Gasteiger partial charge in [-0.15, -0.1) is 12.4 Å². The van der Waals surface area contributed by atoms with E-state index in [4.69, 9.17) is 0 Å². The van der Waals surface area contributed by atoms with Crippen LogP contribution in [0.4, 0.5) is 10.5 Å². The standard InChI is InChI=1S/C16H23BrN4O2.ClH/c17-13-1-3-14(4-2-13)21-16(23)20-10-7-15(22)19-9-6-12-5-8-18-11-12;/h1-4,12,18H,5-11H2,(H,19,22)(H2,20,21,23);1H. The molecule has 0 radical (unpaired) electrons. The molecule has 1 aromatic rings. The molecule has 8 heteroatoms. The SMILES string of the molecule is Cl.O=C(CCNC(=O)Nc1ccc(Br)cc1)NCCC1CCNC1. The highest BCUT2D eigenvalue weighted by atomic mass is 79.9. The van der Waals surface area contributed by atoms with E-state index in [2.05, 4.69) is 37.2 Å². The van der Waals surface area contributed by atoms with E-state index >= 15 is 0 Å². The molecule has 1 heterocycles. The molecule has 24 heavy (non-hydrogen) atoms. The Bertz CT molecular complexity index is 521. The number of urea groups is 1. The summed E-state index contributed by atoms with van der Waals surface area (Å²) in [5.41, 5.74) is 0.709. The minimum Gasteiger partial charge on any atom is -0.356 e. The molecule has 1 saturated heterocycles. The summed E-state index contributed by atoms with van der Waals surface area (Å²) in [6.45, 7) is 3.15. The number of halogens is 2. The van der Waals surface area contributed by atoms with Crippen molar-refractivity contribution in [3.63, 3.8) is 0 Å². The van der Waals surface area contributed by atoms with E-state index in [1.807, 2.05) is 12.1 Å². The van der Waals surface area contributed by atoms with Gasteiger partial charge in [-0.25, -0.2) is 4.79 Å². The summed E-state index contributed by atoms with van der Waals surface area (Å²) in [7, 11) is 0. The second kappa shape index (κ2) is 11.3. The highest BCUT2D eigenvalue weighted by Gasteiger charge is 2.14. The number of hydrogen-bond donors (Lipinski definition) is 4. The third kappa shape index (κ3) is 7.99. The van der Waals surface area contributed by atoms with Gasteiger partial charge in [0.15, 0.2) is 0 Å². The Kier molecular flexibility index (Phi) is 9.75. The highest BCUT2D eigenvalue weighted by molar-refractivity contribution is 9.10. The van der Waals surface area contributed by atoms with E-state index in [1.165, 1.54) is 6.42 Å². The van der Waals surface area contributed by atoms with Crippen molar-refractivity contribution in [1.82, 2.24) is 16.0 Å². The molecule has 4 N–H and O–H groups in total. The van der Waals surface area contributed by atoms with Crippen LogP contribution >= 0.6 is 28.3 Å². The molecule has 0 spiro atoms. The average molecular weight is 420 g/mol. The van der Waals surface area contributed by atoms with E-state index in [1.54, 1.807) is 12.1 Å². The Balaban J connectivity index is 0.00000288. The molecular formula is C16H24BrClN4O2. The van der Waals surface area contributed by atoms with Gasteiger partial charge < -0.3 is 21.3 Å². The fourth-order valence-electron chi connectivity index (χ4n) is 2.46. The van der Waals surface area contributed by atoms with Crippen LogP contribution in [0.15, 0.2) is 28.7 Å². The predicted molar refractivity (Wildman–Crippen MR) is 102 cm³/mol. The molecule has 2 rings (SSSR count). The van der Waals surface area contributed by atoms with E-state index in [9.17, 15) is 9.59 Å². The highest BCUT2D eigenvalue weighted by Crippen LogP contribution is 2.13. The second-order valence-corrected chi connectivity index (χ2v) is 6.55. The summed E-state index contributed by atoms with van der Waals surface area (Å²) in [5.74, 6) is 0.644. The van der Waals surface area contributed by atoms with Gasteiger partial charge in [0.05, 0.1) is 0 Å². The van der Waals surface area contributed by atoms with Gasteiger partial charge in [-0.3, -0.25) is 4.79 Å². The zero-order valence-electron chi connectivity index (χ0n) is 13.4. The monoisotopic (exact) mass is 418 g/mol. The number of nitrogens with one attached hydrogen (secondary N) is 4. The van der Waals surface area contributed by atoms with E-state index in [0.29, 0.717) is 24.7 Å². The molecule has 6 nitrogen and oxygen atoms in total. The lowest BCUT2D eigenvalue weighted by molar-refractivity contribution is -0.120. The molecule has 1 fully saturated rings. The smallest absolute Gasteiger partial charge is 0.319 e. The fraction of sp³-hybridized carbons (Fsp3) is 0.500. The van der Waals surface area contributed by atoms with Crippen molar-refractivity contribution in [3.05, 3.63) is 28.7 Å². The fourth-order valence-corrected chi connectivity index (χ4v) is 2.73. The lowest BCUT2D eigenvalue weighted by Gasteiger charge is -2.10. The summed E-state index contributed by atoms with van der Waals surface area (Å²) in [4.78, 5) is 23.4. The second-order valence-electron chi connectivity index (χ2n) is 5.64. The molecular weight excluding hydrogens is 396 g/mol. The molecule has 1 aliphatic heterocycles. The first kappa shape index (κ1) is 20.7. The van der Waals surface area contributed by atoms with E-state index in [0.717, 1.165) is 24.0 Å². The number of carbonyl (C=O) groups excluding carboxylic acids is 2. The van der Waals surface area contributed by atoms with Crippen molar-refractivity contribution in [2.45, 2.75) is 19.3 Å². The van der Waals surface area contributed by atoms with Crippen LogP contribution < -0.4 is 21.3 Å². The van der Waals surface area contributed by atoms with Crippen LogP contribution in [0.1, 0.15) is 19.3 Å². The first-order chi connectivity index (χ1) is 11.1. The number of rotatable bonds is 7. The summed E-state index contributed by atoms with van der Waals surface area (Å²) >= 11 is 3.34. The van der Waals surface area contributed by atoms with Crippen LogP contribution in [0.3, 0.4) is 0 Å². The van der Waals surface area contributed by atoms with Crippen molar-refractivity contribution in [2.24, 2.45) is 5.92 Å².